The van der Waals surface area contributed by atoms with Crippen molar-refractivity contribution >= 4 is 56.5 Å². The minimum absolute atomic E-state index is 0.0204. The zero-order chi connectivity index (χ0) is 15.3. The number of esters is 1. The average Bonchev–Trinajstić information content (AvgIpc) is 2.35. The lowest BCUT2D eigenvalue weighted by molar-refractivity contribution is -0.140. The van der Waals surface area contributed by atoms with E-state index in [4.69, 9.17) is 34.8 Å². The Hall–Kier alpha value is -0.690. The van der Waals surface area contributed by atoms with E-state index in [2.05, 4.69) is 9.46 Å². The highest BCUT2D eigenvalue weighted by molar-refractivity contribution is 7.92. The number of rotatable bonds is 6. The van der Waals surface area contributed by atoms with Crippen molar-refractivity contribution in [1.82, 2.24) is 0 Å². The van der Waals surface area contributed by atoms with Gasteiger partial charge in [0.15, 0.2) is 0 Å². The van der Waals surface area contributed by atoms with E-state index in [0.717, 1.165) is 0 Å². The summed E-state index contributed by atoms with van der Waals surface area (Å²) in [6, 6.07) is 2.67. The molecule has 1 N–H and O–H groups in total. The molecule has 0 spiro atoms. The Morgan fingerprint density at radius 3 is 2.40 bits per heavy atom. The molecule has 112 valence electrons. The number of ether oxygens (including phenoxy) is 1. The standard InChI is InChI=1S/C11H12Cl3NO4S/c1-19-11(16)3-2-4-20(17,18)15-10-6-8(13)7(12)5-9(10)14/h5-6,15H,2-4H2,1H3. The van der Waals surface area contributed by atoms with Crippen molar-refractivity contribution in [1.29, 1.82) is 0 Å². The molecule has 20 heavy (non-hydrogen) atoms. The van der Waals surface area contributed by atoms with Crippen LogP contribution in [0, 0.1) is 0 Å². The predicted octanol–water partition coefficient (Wildman–Crippen LogP) is 3.34. The number of hydrogen-bond donors (Lipinski definition) is 1. The van der Waals surface area contributed by atoms with Crippen molar-refractivity contribution in [3.63, 3.8) is 0 Å². The van der Waals surface area contributed by atoms with Gasteiger partial charge in [-0.05, 0) is 18.6 Å². The molecule has 0 saturated carbocycles. The summed E-state index contributed by atoms with van der Waals surface area (Å²) in [4.78, 5) is 10.9. The first-order chi connectivity index (χ1) is 9.25. The van der Waals surface area contributed by atoms with E-state index in [1.165, 1.54) is 19.2 Å². The molecule has 0 aliphatic heterocycles. The number of nitrogens with one attached hydrogen (secondary N) is 1. The second kappa shape index (κ2) is 7.36. The summed E-state index contributed by atoms with van der Waals surface area (Å²) in [6.45, 7) is 0. The van der Waals surface area contributed by atoms with Gasteiger partial charge in [0.1, 0.15) is 0 Å². The van der Waals surface area contributed by atoms with Gasteiger partial charge < -0.3 is 4.74 Å². The molecule has 5 nitrogen and oxygen atoms in total. The lowest BCUT2D eigenvalue weighted by Gasteiger charge is -2.10. The van der Waals surface area contributed by atoms with Gasteiger partial charge in [-0.15, -0.1) is 0 Å². The van der Waals surface area contributed by atoms with E-state index in [1.54, 1.807) is 0 Å². The third-order valence-electron chi connectivity index (χ3n) is 2.30. The van der Waals surface area contributed by atoms with Gasteiger partial charge >= 0.3 is 5.97 Å². The summed E-state index contributed by atoms with van der Waals surface area (Å²) >= 11 is 17.4. The monoisotopic (exact) mass is 359 g/mol. The topological polar surface area (TPSA) is 72.5 Å². The first kappa shape index (κ1) is 17.4. The SMILES string of the molecule is COC(=O)CCCS(=O)(=O)Nc1cc(Cl)c(Cl)cc1Cl. The van der Waals surface area contributed by atoms with Gasteiger partial charge in [-0.25, -0.2) is 8.42 Å². The molecule has 0 unspecified atom stereocenters. The number of hydrogen-bond acceptors (Lipinski definition) is 4. The molecule has 0 heterocycles. The van der Waals surface area contributed by atoms with Crippen LogP contribution in [-0.2, 0) is 19.6 Å². The maximum Gasteiger partial charge on any atom is 0.305 e. The predicted molar refractivity (Wildman–Crippen MR) is 80.1 cm³/mol. The first-order valence-corrected chi connectivity index (χ1v) is 8.25. The molecular weight excluding hydrogens is 349 g/mol. The number of methoxy groups -OCH3 is 1. The number of anilines is 1. The van der Waals surface area contributed by atoms with E-state index in [-0.39, 0.29) is 39.3 Å². The lowest BCUT2D eigenvalue weighted by Crippen LogP contribution is -2.18. The molecule has 9 heteroatoms. The molecule has 0 amide bonds. The zero-order valence-corrected chi connectivity index (χ0v) is 13.5. The van der Waals surface area contributed by atoms with E-state index in [0.29, 0.717) is 0 Å². The normalized spacial score (nSPS) is 11.2. The summed E-state index contributed by atoms with van der Waals surface area (Å²) in [5, 5.41) is 0.546. The van der Waals surface area contributed by atoms with Crippen molar-refractivity contribution in [2.45, 2.75) is 12.8 Å². The van der Waals surface area contributed by atoms with Crippen molar-refractivity contribution in [2.75, 3.05) is 17.6 Å². The highest BCUT2D eigenvalue weighted by Crippen LogP contribution is 2.32. The van der Waals surface area contributed by atoms with Crippen LogP contribution >= 0.6 is 34.8 Å². The molecule has 0 aromatic heterocycles. The van der Waals surface area contributed by atoms with E-state index in [9.17, 15) is 13.2 Å². The summed E-state index contributed by atoms with van der Waals surface area (Å²) in [7, 11) is -2.39. The van der Waals surface area contributed by atoms with Crippen molar-refractivity contribution in [3.8, 4) is 0 Å². The molecule has 0 saturated heterocycles. The van der Waals surface area contributed by atoms with Gasteiger partial charge in [0.05, 0.1) is 33.6 Å². The maximum atomic E-state index is 11.8. The van der Waals surface area contributed by atoms with Crippen molar-refractivity contribution < 1.29 is 17.9 Å². The van der Waals surface area contributed by atoms with Crippen LogP contribution in [0.15, 0.2) is 12.1 Å². The minimum Gasteiger partial charge on any atom is -0.469 e. The minimum atomic E-state index is -3.63. The van der Waals surface area contributed by atoms with E-state index in [1.807, 2.05) is 0 Å². The average molecular weight is 361 g/mol. The Kier molecular flexibility index (Phi) is 6.39. The fourth-order valence-corrected chi connectivity index (χ4v) is 3.11. The molecule has 1 aromatic rings. The quantitative estimate of drug-likeness (QED) is 0.624. The Balaban J connectivity index is 2.71. The molecule has 0 radical (unpaired) electrons. The lowest BCUT2D eigenvalue weighted by atomic mass is 10.3. The third kappa shape index (κ3) is 5.36. The van der Waals surface area contributed by atoms with E-state index >= 15 is 0 Å². The van der Waals surface area contributed by atoms with Crippen LogP contribution in [0.2, 0.25) is 15.1 Å². The Morgan fingerprint density at radius 2 is 1.80 bits per heavy atom. The van der Waals surface area contributed by atoms with E-state index < -0.39 is 16.0 Å². The summed E-state index contributed by atoms with van der Waals surface area (Å²) in [5.41, 5.74) is 0.138. The fourth-order valence-electron chi connectivity index (χ4n) is 1.33. The van der Waals surface area contributed by atoms with Gasteiger partial charge in [-0.2, -0.15) is 0 Å². The molecule has 1 rings (SSSR count). The fraction of sp³-hybridized carbons (Fsp3) is 0.364. The first-order valence-electron chi connectivity index (χ1n) is 5.47. The summed E-state index contributed by atoms with van der Waals surface area (Å²) in [6.07, 6.45) is 0.160. The van der Waals surface area contributed by atoms with Crippen LogP contribution in [0.25, 0.3) is 0 Å². The largest absolute Gasteiger partial charge is 0.469 e. The molecular formula is C11H12Cl3NO4S. The number of benzene rings is 1. The van der Waals surface area contributed by atoms with Crippen LogP contribution < -0.4 is 4.72 Å². The molecule has 1 aromatic carbocycles. The van der Waals surface area contributed by atoms with Crippen LogP contribution in [0.5, 0.6) is 0 Å². The molecule has 0 atom stereocenters. The van der Waals surface area contributed by atoms with Crippen molar-refractivity contribution in [2.24, 2.45) is 0 Å². The molecule has 0 bridgehead atoms. The van der Waals surface area contributed by atoms with Gasteiger partial charge in [0.25, 0.3) is 0 Å². The van der Waals surface area contributed by atoms with Gasteiger partial charge in [-0.3, -0.25) is 9.52 Å². The molecule has 0 fully saturated rings. The highest BCUT2D eigenvalue weighted by Gasteiger charge is 2.15. The highest BCUT2D eigenvalue weighted by atomic mass is 35.5. The number of carbonyl (C=O) groups is 1. The second-order valence-corrected chi connectivity index (χ2v) is 6.91. The van der Waals surface area contributed by atoms with Crippen molar-refractivity contribution in [3.05, 3.63) is 27.2 Å². The number of sulfonamides is 1. The maximum absolute atomic E-state index is 11.8. The number of carbonyl (C=O) groups excluding carboxylic acids is 1. The van der Waals surface area contributed by atoms with Crippen LogP contribution in [0.3, 0.4) is 0 Å². The Labute approximate surface area is 132 Å². The van der Waals surface area contributed by atoms with Crippen LogP contribution in [0.1, 0.15) is 12.8 Å². The smallest absolute Gasteiger partial charge is 0.305 e. The molecule has 0 aliphatic rings. The summed E-state index contributed by atoms with van der Waals surface area (Å²) < 4.78 is 30.4. The van der Waals surface area contributed by atoms with Crippen LogP contribution in [0.4, 0.5) is 5.69 Å². The Bertz CT molecular complexity index is 604. The molecule has 0 aliphatic carbocycles. The van der Waals surface area contributed by atoms with Gasteiger partial charge in [-0.1, -0.05) is 34.8 Å². The zero-order valence-electron chi connectivity index (χ0n) is 10.5. The van der Waals surface area contributed by atoms with Gasteiger partial charge in [0.2, 0.25) is 10.0 Å². The Morgan fingerprint density at radius 1 is 1.20 bits per heavy atom. The third-order valence-corrected chi connectivity index (χ3v) is 4.69. The number of halogens is 3. The second-order valence-electron chi connectivity index (χ2n) is 3.85. The van der Waals surface area contributed by atoms with Crippen LogP contribution in [-0.4, -0.2) is 27.2 Å². The summed E-state index contributed by atoms with van der Waals surface area (Å²) in [5.74, 6) is -0.702. The van der Waals surface area contributed by atoms with Gasteiger partial charge in [0, 0.05) is 6.42 Å².